The molecule has 0 aliphatic carbocycles. The average molecular weight is 435 g/mol. The molecule has 0 spiro atoms. The van der Waals surface area contributed by atoms with Crippen LogP contribution in [0.1, 0.15) is 12.5 Å². The van der Waals surface area contributed by atoms with E-state index in [4.69, 9.17) is 4.74 Å². The van der Waals surface area contributed by atoms with E-state index in [9.17, 15) is 16.8 Å². The number of aromatic nitrogens is 1. The van der Waals surface area contributed by atoms with Gasteiger partial charge in [0.1, 0.15) is 12.4 Å². The molecular weight excluding hydrogens is 412 g/mol. The van der Waals surface area contributed by atoms with Gasteiger partial charge in [-0.05, 0) is 35.9 Å². The lowest BCUT2D eigenvalue weighted by molar-refractivity contribution is 0.340. The second-order valence-electron chi connectivity index (χ2n) is 6.37. The van der Waals surface area contributed by atoms with Crippen LogP contribution < -0.4 is 9.46 Å². The maximum Gasteiger partial charge on any atom is 0.240 e. The summed E-state index contributed by atoms with van der Waals surface area (Å²) in [4.78, 5) is 4.42. The zero-order valence-corrected chi connectivity index (χ0v) is 17.5. The Morgan fingerprint density at radius 3 is 2.41 bits per heavy atom. The van der Waals surface area contributed by atoms with Gasteiger partial charge in [0.25, 0.3) is 0 Å². The minimum atomic E-state index is -3.72. The van der Waals surface area contributed by atoms with Gasteiger partial charge in [-0.25, -0.2) is 21.6 Å². The van der Waals surface area contributed by atoms with E-state index in [1.54, 1.807) is 13.1 Å². The SMILES string of the molecule is CCS(=O)(=O)CCOc1ccc(S(=O)(=O)NCc2cccc3cccnc23)cc1. The van der Waals surface area contributed by atoms with Crippen molar-refractivity contribution < 1.29 is 21.6 Å². The summed E-state index contributed by atoms with van der Waals surface area (Å²) >= 11 is 0. The number of nitrogens with one attached hydrogen (secondary N) is 1. The van der Waals surface area contributed by atoms with Crippen LogP contribution in [0, 0.1) is 0 Å². The number of sulfone groups is 1. The van der Waals surface area contributed by atoms with E-state index in [2.05, 4.69) is 9.71 Å². The molecule has 9 heteroatoms. The summed E-state index contributed by atoms with van der Waals surface area (Å²) in [6.45, 7) is 1.72. The van der Waals surface area contributed by atoms with Gasteiger partial charge >= 0.3 is 0 Å². The summed E-state index contributed by atoms with van der Waals surface area (Å²) in [5.41, 5.74) is 1.53. The van der Waals surface area contributed by atoms with E-state index in [0.717, 1.165) is 16.5 Å². The van der Waals surface area contributed by atoms with Gasteiger partial charge in [0.05, 0.1) is 16.2 Å². The van der Waals surface area contributed by atoms with Gasteiger partial charge < -0.3 is 4.74 Å². The van der Waals surface area contributed by atoms with Crippen molar-refractivity contribution in [2.24, 2.45) is 0 Å². The second-order valence-corrected chi connectivity index (χ2v) is 10.6. The van der Waals surface area contributed by atoms with E-state index in [0.29, 0.717) is 5.75 Å². The van der Waals surface area contributed by atoms with Crippen molar-refractivity contribution in [3.05, 3.63) is 66.4 Å². The molecule has 0 aliphatic heterocycles. The average Bonchev–Trinajstić information content (AvgIpc) is 2.72. The lowest BCUT2D eigenvalue weighted by atomic mass is 10.1. The Morgan fingerprint density at radius 1 is 0.966 bits per heavy atom. The molecule has 154 valence electrons. The number of hydrogen-bond acceptors (Lipinski definition) is 6. The van der Waals surface area contributed by atoms with Gasteiger partial charge in [-0.15, -0.1) is 0 Å². The van der Waals surface area contributed by atoms with Crippen LogP contribution in [0.5, 0.6) is 5.75 Å². The molecule has 0 unspecified atom stereocenters. The molecule has 2 aromatic carbocycles. The first-order chi connectivity index (χ1) is 13.8. The number of nitrogens with zero attached hydrogens (tertiary/aromatic N) is 1. The first-order valence-corrected chi connectivity index (χ1v) is 12.4. The van der Waals surface area contributed by atoms with Crippen LogP contribution in [-0.4, -0.2) is 39.9 Å². The van der Waals surface area contributed by atoms with Crippen LogP contribution in [0.3, 0.4) is 0 Å². The monoisotopic (exact) mass is 434 g/mol. The van der Waals surface area contributed by atoms with Gasteiger partial charge in [0, 0.05) is 23.9 Å². The Labute approximate surface area is 170 Å². The maximum atomic E-state index is 12.6. The topological polar surface area (TPSA) is 102 Å². The third-order valence-electron chi connectivity index (χ3n) is 4.41. The molecule has 0 aliphatic rings. The summed E-state index contributed by atoms with van der Waals surface area (Å²) < 4.78 is 56.1. The standard InChI is InChI=1S/C20H22N2O5S2/c1-2-28(23,24)14-13-27-18-8-10-19(11-9-18)29(25,26)22-15-17-6-3-5-16-7-4-12-21-20(16)17/h3-12,22H,2,13-15H2,1H3. The maximum absolute atomic E-state index is 12.6. The molecule has 0 bridgehead atoms. The minimum absolute atomic E-state index is 0.0224. The highest BCUT2D eigenvalue weighted by molar-refractivity contribution is 7.91. The third kappa shape index (κ3) is 5.53. The largest absolute Gasteiger partial charge is 0.493 e. The summed E-state index contributed by atoms with van der Waals surface area (Å²) in [7, 11) is -6.83. The summed E-state index contributed by atoms with van der Waals surface area (Å²) in [6, 6.07) is 15.2. The molecule has 0 atom stereocenters. The fraction of sp³-hybridized carbons (Fsp3) is 0.250. The van der Waals surface area contributed by atoms with Crippen LogP contribution in [0.4, 0.5) is 0 Å². The van der Waals surface area contributed by atoms with Gasteiger partial charge in [-0.1, -0.05) is 31.2 Å². The van der Waals surface area contributed by atoms with Crippen LogP contribution in [0.2, 0.25) is 0 Å². The molecule has 29 heavy (non-hydrogen) atoms. The van der Waals surface area contributed by atoms with Crippen molar-refractivity contribution in [3.8, 4) is 5.75 Å². The molecule has 3 aromatic rings. The molecule has 3 rings (SSSR count). The fourth-order valence-corrected chi connectivity index (χ4v) is 4.34. The molecule has 7 nitrogen and oxygen atoms in total. The van der Waals surface area contributed by atoms with Gasteiger partial charge in [0.2, 0.25) is 10.0 Å². The highest BCUT2D eigenvalue weighted by atomic mass is 32.2. The molecule has 0 amide bonds. The number of rotatable bonds is 9. The Balaban J connectivity index is 1.65. The predicted molar refractivity (Wildman–Crippen MR) is 112 cm³/mol. The van der Waals surface area contributed by atoms with E-state index >= 15 is 0 Å². The molecule has 0 fully saturated rings. The quantitative estimate of drug-likeness (QED) is 0.555. The van der Waals surface area contributed by atoms with Crippen molar-refractivity contribution in [1.82, 2.24) is 9.71 Å². The third-order valence-corrected chi connectivity index (χ3v) is 7.49. The van der Waals surface area contributed by atoms with Crippen LogP contribution >= 0.6 is 0 Å². The van der Waals surface area contributed by atoms with E-state index in [1.807, 2.05) is 30.3 Å². The number of pyridine rings is 1. The number of sulfonamides is 1. The highest BCUT2D eigenvalue weighted by Gasteiger charge is 2.15. The highest BCUT2D eigenvalue weighted by Crippen LogP contribution is 2.19. The van der Waals surface area contributed by atoms with Crippen LogP contribution in [0.25, 0.3) is 10.9 Å². The lowest BCUT2D eigenvalue weighted by Crippen LogP contribution is -2.23. The number of fused-ring (bicyclic) bond motifs is 1. The van der Waals surface area contributed by atoms with Crippen molar-refractivity contribution in [2.75, 3.05) is 18.1 Å². The molecule has 1 heterocycles. The van der Waals surface area contributed by atoms with E-state index < -0.39 is 19.9 Å². The van der Waals surface area contributed by atoms with Crippen molar-refractivity contribution in [3.63, 3.8) is 0 Å². The first kappa shape index (κ1) is 21.2. The number of benzene rings is 2. The Kier molecular flexibility index (Phi) is 6.51. The summed E-state index contributed by atoms with van der Waals surface area (Å²) in [5.74, 6) is 0.392. The number of ether oxygens (including phenoxy) is 1. The summed E-state index contributed by atoms with van der Waals surface area (Å²) in [6.07, 6.45) is 1.67. The zero-order chi connectivity index (χ0) is 20.9. The molecule has 1 N–H and O–H groups in total. The Bertz CT molecular complexity index is 1190. The molecule has 0 radical (unpaired) electrons. The van der Waals surface area contributed by atoms with Gasteiger partial charge in [0.15, 0.2) is 9.84 Å². The molecule has 0 saturated carbocycles. The lowest BCUT2D eigenvalue weighted by Gasteiger charge is -2.10. The fourth-order valence-electron chi connectivity index (χ4n) is 2.71. The number of para-hydroxylation sites is 1. The smallest absolute Gasteiger partial charge is 0.240 e. The summed E-state index contributed by atoms with van der Waals surface area (Å²) in [5, 5.41) is 0.941. The number of hydrogen-bond donors (Lipinski definition) is 1. The minimum Gasteiger partial charge on any atom is -0.493 e. The Morgan fingerprint density at radius 2 is 1.69 bits per heavy atom. The zero-order valence-electron chi connectivity index (χ0n) is 15.9. The van der Waals surface area contributed by atoms with Gasteiger partial charge in [-0.2, -0.15) is 0 Å². The normalized spacial score (nSPS) is 12.2. The molecular formula is C20H22N2O5S2. The van der Waals surface area contributed by atoms with Crippen molar-refractivity contribution in [2.45, 2.75) is 18.4 Å². The van der Waals surface area contributed by atoms with Crippen LogP contribution in [-0.2, 0) is 26.4 Å². The van der Waals surface area contributed by atoms with Crippen molar-refractivity contribution >= 4 is 30.8 Å². The first-order valence-electron chi connectivity index (χ1n) is 9.06. The predicted octanol–water partition coefficient (Wildman–Crippen LogP) is 2.53. The molecule has 0 saturated heterocycles. The van der Waals surface area contributed by atoms with Gasteiger partial charge in [-0.3, -0.25) is 4.98 Å². The second kappa shape index (κ2) is 8.89. The van der Waals surface area contributed by atoms with Crippen LogP contribution in [0.15, 0.2) is 65.7 Å². The van der Waals surface area contributed by atoms with Crippen molar-refractivity contribution in [1.29, 1.82) is 0 Å². The Hall–Kier alpha value is -2.49. The molecule has 1 aromatic heterocycles. The van der Waals surface area contributed by atoms with E-state index in [-0.39, 0.29) is 29.6 Å². The van der Waals surface area contributed by atoms with E-state index in [1.165, 1.54) is 24.3 Å².